The van der Waals surface area contributed by atoms with Gasteiger partial charge >= 0.3 is 0 Å². The van der Waals surface area contributed by atoms with Crippen LogP contribution in [0, 0.1) is 11.6 Å². The van der Waals surface area contributed by atoms with Crippen LogP contribution in [0.1, 0.15) is 10.4 Å². The van der Waals surface area contributed by atoms with Crippen molar-refractivity contribution in [2.45, 2.75) is 0 Å². The standard InChI is InChI=1S/C11H10F2N4O/c1-17-10(14)7(5-15-17)11(18)16-9-4-6(12)2-3-8(9)13/h2-5H,14H2,1H3,(H,16,18). The second-order valence-corrected chi connectivity index (χ2v) is 3.65. The second-order valence-electron chi connectivity index (χ2n) is 3.65. The van der Waals surface area contributed by atoms with Gasteiger partial charge in [-0.2, -0.15) is 5.10 Å². The van der Waals surface area contributed by atoms with E-state index in [0.29, 0.717) is 0 Å². The highest BCUT2D eigenvalue weighted by Gasteiger charge is 2.15. The van der Waals surface area contributed by atoms with Crippen LogP contribution in [-0.2, 0) is 7.05 Å². The molecule has 0 unspecified atom stereocenters. The first-order chi connectivity index (χ1) is 8.49. The maximum atomic E-state index is 13.3. The van der Waals surface area contributed by atoms with Gasteiger partial charge < -0.3 is 11.1 Å². The number of nitrogen functional groups attached to an aromatic ring is 1. The van der Waals surface area contributed by atoms with Crippen LogP contribution in [-0.4, -0.2) is 15.7 Å². The van der Waals surface area contributed by atoms with E-state index in [0.717, 1.165) is 18.2 Å². The Labute approximate surface area is 101 Å². The van der Waals surface area contributed by atoms with Crippen LogP contribution in [0.25, 0.3) is 0 Å². The number of hydrogen-bond acceptors (Lipinski definition) is 3. The van der Waals surface area contributed by atoms with Gasteiger partial charge in [-0.15, -0.1) is 0 Å². The number of aromatic nitrogens is 2. The van der Waals surface area contributed by atoms with E-state index in [2.05, 4.69) is 10.4 Å². The van der Waals surface area contributed by atoms with Gasteiger partial charge in [0.25, 0.3) is 5.91 Å². The monoisotopic (exact) mass is 252 g/mol. The summed E-state index contributed by atoms with van der Waals surface area (Å²) in [6.45, 7) is 0. The first kappa shape index (κ1) is 12.0. The SMILES string of the molecule is Cn1ncc(C(=O)Nc2cc(F)ccc2F)c1N. The third-order valence-electron chi connectivity index (χ3n) is 2.41. The molecule has 7 heteroatoms. The van der Waals surface area contributed by atoms with E-state index in [9.17, 15) is 13.6 Å². The van der Waals surface area contributed by atoms with Crippen molar-refractivity contribution in [3.8, 4) is 0 Å². The molecule has 0 saturated heterocycles. The van der Waals surface area contributed by atoms with Crippen molar-refractivity contribution < 1.29 is 13.6 Å². The van der Waals surface area contributed by atoms with Gasteiger partial charge in [-0.25, -0.2) is 8.78 Å². The topological polar surface area (TPSA) is 72.9 Å². The molecule has 0 atom stereocenters. The number of rotatable bonds is 2. The zero-order chi connectivity index (χ0) is 13.3. The van der Waals surface area contributed by atoms with Gasteiger partial charge in [0.2, 0.25) is 0 Å². The van der Waals surface area contributed by atoms with Crippen molar-refractivity contribution in [1.82, 2.24) is 9.78 Å². The number of carbonyl (C=O) groups excluding carboxylic acids is 1. The summed E-state index contributed by atoms with van der Waals surface area (Å²) in [5, 5.41) is 6.02. The van der Waals surface area contributed by atoms with Crippen LogP contribution < -0.4 is 11.1 Å². The number of nitrogens with one attached hydrogen (secondary N) is 1. The minimum atomic E-state index is -0.729. The number of halogens is 2. The maximum absolute atomic E-state index is 13.3. The molecule has 0 spiro atoms. The maximum Gasteiger partial charge on any atom is 0.261 e. The molecule has 0 bridgehead atoms. The lowest BCUT2D eigenvalue weighted by molar-refractivity contribution is 0.102. The average molecular weight is 252 g/mol. The van der Waals surface area contributed by atoms with Crippen LogP contribution in [0.3, 0.4) is 0 Å². The van der Waals surface area contributed by atoms with Crippen molar-refractivity contribution in [3.63, 3.8) is 0 Å². The Morgan fingerprint density at radius 1 is 1.44 bits per heavy atom. The Kier molecular flexibility index (Phi) is 2.97. The Hall–Kier alpha value is -2.44. The van der Waals surface area contributed by atoms with E-state index in [1.165, 1.54) is 10.9 Å². The van der Waals surface area contributed by atoms with Crippen molar-refractivity contribution in [2.75, 3.05) is 11.1 Å². The molecule has 5 nitrogen and oxygen atoms in total. The third kappa shape index (κ3) is 2.15. The molecule has 0 saturated carbocycles. The van der Waals surface area contributed by atoms with E-state index in [4.69, 9.17) is 5.73 Å². The Balaban J connectivity index is 2.27. The summed E-state index contributed by atoms with van der Waals surface area (Å²) in [6.07, 6.45) is 1.25. The van der Waals surface area contributed by atoms with Gasteiger partial charge in [0.15, 0.2) is 0 Å². The largest absolute Gasteiger partial charge is 0.383 e. The van der Waals surface area contributed by atoms with Gasteiger partial charge in [-0.3, -0.25) is 9.48 Å². The number of amides is 1. The minimum absolute atomic E-state index is 0.0983. The molecule has 1 aromatic heterocycles. The zero-order valence-electron chi connectivity index (χ0n) is 9.45. The molecule has 0 aliphatic carbocycles. The van der Waals surface area contributed by atoms with Gasteiger partial charge in [0, 0.05) is 13.1 Å². The molecule has 0 radical (unpaired) electrons. The Bertz CT molecular complexity index is 609. The van der Waals surface area contributed by atoms with E-state index < -0.39 is 17.5 Å². The van der Waals surface area contributed by atoms with E-state index in [1.54, 1.807) is 7.05 Å². The smallest absolute Gasteiger partial charge is 0.261 e. The number of nitrogens with zero attached hydrogens (tertiary/aromatic N) is 2. The fourth-order valence-electron chi connectivity index (χ4n) is 1.40. The first-order valence-electron chi connectivity index (χ1n) is 5.03. The predicted octanol–water partition coefficient (Wildman–Crippen LogP) is 1.53. The summed E-state index contributed by atoms with van der Waals surface area (Å²) in [4.78, 5) is 11.8. The van der Waals surface area contributed by atoms with Crippen molar-refractivity contribution in [1.29, 1.82) is 0 Å². The highest BCUT2D eigenvalue weighted by molar-refractivity contribution is 6.07. The molecule has 1 aromatic carbocycles. The van der Waals surface area contributed by atoms with Gasteiger partial charge in [-0.1, -0.05) is 0 Å². The number of anilines is 2. The summed E-state index contributed by atoms with van der Waals surface area (Å²) < 4.78 is 27.5. The summed E-state index contributed by atoms with van der Waals surface area (Å²) in [5.74, 6) is -1.88. The zero-order valence-corrected chi connectivity index (χ0v) is 9.45. The molecule has 94 valence electrons. The summed E-state index contributed by atoms with van der Waals surface area (Å²) in [7, 11) is 1.56. The van der Waals surface area contributed by atoms with Crippen LogP contribution in [0.4, 0.5) is 20.3 Å². The molecule has 0 aliphatic heterocycles. The third-order valence-corrected chi connectivity index (χ3v) is 2.41. The minimum Gasteiger partial charge on any atom is -0.383 e. The normalized spacial score (nSPS) is 10.4. The highest BCUT2D eigenvalue weighted by atomic mass is 19.1. The van der Waals surface area contributed by atoms with E-state index >= 15 is 0 Å². The fraction of sp³-hybridized carbons (Fsp3) is 0.0909. The van der Waals surface area contributed by atoms with Crippen LogP contribution in [0.5, 0.6) is 0 Å². The molecular formula is C11H10F2N4O. The van der Waals surface area contributed by atoms with Crippen molar-refractivity contribution >= 4 is 17.4 Å². The quantitative estimate of drug-likeness (QED) is 0.851. The van der Waals surface area contributed by atoms with Gasteiger partial charge in [0.1, 0.15) is 23.0 Å². The molecule has 1 heterocycles. The molecule has 1 amide bonds. The van der Waals surface area contributed by atoms with E-state index in [1.807, 2.05) is 0 Å². The number of carbonyl (C=O) groups is 1. The number of aryl methyl sites for hydroxylation is 1. The van der Waals surface area contributed by atoms with Crippen LogP contribution in [0.2, 0.25) is 0 Å². The molecule has 3 N–H and O–H groups in total. The lowest BCUT2D eigenvalue weighted by Crippen LogP contribution is -2.14. The molecule has 2 aromatic rings. The molecule has 18 heavy (non-hydrogen) atoms. The second kappa shape index (κ2) is 4.44. The number of benzene rings is 1. The average Bonchev–Trinajstić information content (AvgIpc) is 2.65. The van der Waals surface area contributed by atoms with Crippen LogP contribution in [0.15, 0.2) is 24.4 Å². The Morgan fingerprint density at radius 2 is 2.17 bits per heavy atom. The number of hydrogen-bond donors (Lipinski definition) is 2. The fourth-order valence-corrected chi connectivity index (χ4v) is 1.40. The van der Waals surface area contributed by atoms with Crippen molar-refractivity contribution in [3.05, 3.63) is 41.6 Å². The molecule has 2 rings (SSSR count). The lowest BCUT2D eigenvalue weighted by Gasteiger charge is -2.05. The lowest BCUT2D eigenvalue weighted by atomic mass is 10.2. The highest BCUT2D eigenvalue weighted by Crippen LogP contribution is 2.18. The number of nitrogens with two attached hydrogens (primary N) is 1. The van der Waals surface area contributed by atoms with Gasteiger partial charge in [0.05, 0.1) is 11.9 Å². The molecule has 0 aliphatic rings. The first-order valence-corrected chi connectivity index (χ1v) is 5.03. The van der Waals surface area contributed by atoms with Crippen molar-refractivity contribution in [2.24, 2.45) is 7.05 Å². The molecule has 0 fully saturated rings. The summed E-state index contributed by atoms with van der Waals surface area (Å²) in [6, 6.07) is 2.78. The predicted molar refractivity (Wildman–Crippen MR) is 61.9 cm³/mol. The van der Waals surface area contributed by atoms with Gasteiger partial charge in [-0.05, 0) is 12.1 Å². The van der Waals surface area contributed by atoms with E-state index in [-0.39, 0.29) is 17.1 Å². The molecular weight excluding hydrogens is 242 g/mol. The van der Waals surface area contributed by atoms with Crippen LogP contribution >= 0.6 is 0 Å². The summed E-state index contributed by atoms with van der Waals surface area (Å²) in [5.41, 5.74) is 5.45. The summed E-state index contributed by atoms with van der Waals surface area (Å²) >= 11 is 0. The Morgan fingerprint density at radius 3 is 2.78 bits per heavy atom.